The van der Waals surface area contributed by atoms with Crippen LogP contribution in [-0.4, -0.2) is 4.57 Å². The molecule has 11 rings (SSSR count). The van der Waals surface area contributed by atoms with Crippen LogP contribution in [0.15, 0.2) is 243 Å². The predicted molar refractivity (Wildman–Crippen MR) is 255 cm³/mol. The van der Waals surface area contributed by atoms with E-state index in [4.69, 9.17) is 0 Å². The summed E-state index contributed by atoms with van der Waals surface area (Å²) in [5, 5.41) is 5.05. The molecule has 0 amide bonds. The van der Waals surface area contributed by atoms with Crippen LogP contribution < -0.4 is 4.90 Å². The van der Waals surface area contributed by atoms with Crippen molar-refractivity contribution in [3.05, 3.63) is 243 Å². The number of para-hydroxylation sites is 1. The van der Waals surface area contributed by atoms with Crippen LogP contribution >= 0.6 is 0 Å². The number of nitrogens with zero attached hydrogens (tertiary/aromatic N) is 2. The average molecular weight is 765 g/mol. The highest BCUT2D eigenvalue weighted by molar-refractivity contribution is 6.13. The van der Waals surface area contributed by atoms with Crippen LogP contribution in [0.1, 0.15) is 0 Å². The molecule has 0 saturated heterocycles. The van der Waals surface area contributed by atoms with Crippen LogP contribution in [-0.2, 0) is 0 Å². The maximum atomic E-state index is 2.40. The van der Waals surface area contributed by atoms with Crippen molar-refractivity contribution in [1.82, 2.24) is 4.57 Å². The lowest BCUT2D eigenvalue weighted by molar-refractivity contribution is 1.18. The Morgan fingerprint density at radius 3 is 1.23 bits per heavy atom. The molecule has 60 heavy (non-hydrogen) atoms. The van der Waals surface area contributed by atoms with Gasteiger partial charge in [-0.2, -0.15) is 0 Å². The van der Waals surface area contributed by atoms with Crippen molar-refractivity contribution in [3.63, 3.8) is 0 Å². The summed E-state index contributed by atoms with van der Waals surface area (Å²) in [7, 11) is 0. The zero-order valence-electron chi connectivity index (χ0n) is 33.0. The summed E-state index contributed by atoms with van der Waals surface area (Å²) in [5.41, 5.74) is 16.5. The molecule has 10 aromatic carbocycles. The molecule has 11 aromatic rings. The van der Waals surface area contributed by atoms with Crippen molar-refractivity contribution in [2.45, 2.75) is 0 Å². The Hall–Kier alpha value is -7.94. The molecule has 0 aliphatic carbocycles. The number of aromatic nitrogens is 1. The first kappa shape index (κ1) is 35.2. The van der Waals surface area contributed by atoms with Crippen LogP contribution in [0, 0.1) is 0 Å². The fraction of sp³-hybridized carbons (Fsp3) is 0. The Morgan fingerprint density at radius 2 is 0.667 bits per heavy atom. The van der Waals surface area contributed by atoms with Crippen molar-refractivity contribution in [2.75, 3.05) is 4.90 Å². The third-order valence-electron chi connectivity index (χ3n) is 11.8. The minimum absolute atomic E-state index is 1.10. The summed E-state index contributed by atoms with van der Waals surface area (Å²) in [6, 6.07) is 87.7. The lowest BCUT2D eigenvalue weighted by Crippen LogP contribution is -2.09. The predicted octanol–water partition coefficient (Wildman–Crippen LogP) is 16.1. The molecule has 0 spiro atoms. The second-order valence-electron chi connectivity index (χ2n) is 15.4. The van der Waals surface area contributed by atoms with E-state index in [1.165, 1.54) is 77.1 Å². The van der Waals surface area contributed by atoms with E-state index in [9.17, 15) is 0 Å². The van der Waals surface area contributed by atoms with Crippen LogP contribution in [0.5, 0.6) is 0 Å². The molecule has 0 aliphatic heterocycles. The monoisotopic (exact) mass is 764 g/mol. The minimum atomic E-state index is 1.10. The summed E-state index contributed by atoms with van der Waals surface area (Å²) in [6.45, 7) is 0. The van der Waals surface area contributed by atoms with Gasteiger partial charge in [0.2, 0.25) is 0 Å². The van der Waals surface area contributed by atoms with Gasteiger partial charge < -0.3 is 9.47 Å². The van der Waals surface area contributed by atoms with Crippen molar-refractivity contribution in [3.8, 4) is 50.2 Å². The van der Waals surface area contributed by atoms with E-state index in [0.717, 1.165) is 22.7 Å². The van der Waals surface area contributed by atoms with Crippen molar-refractivity contribution >= 4 is 49.6 Å². The molecule has 0 saturated carbocycles. The maximum Gasteiger partial charge on any atom is 0.0547 e. The number of hydrogen-bond acceptors (Lipinski definition) is 1. The van der Waals surface area contributed by atoms with Gasteiger partial charge in [0.15, 0.2) is 0 Å². The Labute approximate surface area is 350 Å². The van der Waals surface area contributed by atoms with Gasteiger partial charge in [-0.3, -0.25) is 0 Å². The summed E-state index contributed by atoms with van der Waals surface area (Å²) in [6.07, 6.45) is 0. The van der Waals surface area contributed by atoms with Crippen LogP contribution in [0.25, 0.3) is 82.8 Å². The van der Waals surface area contributed by atoms with Gasteiger partial charge in [-0.1, -0.05) is 176 Å². The van der Waals surface area contributed by atoms with Crippen molar-refractivity contribution < 1.29 is 0 Å². The Bertz CT molecular complexity index is 3250. The average Bonchev–Trinajstić information content (AvgIpc) is 3.65. The quantitative estimate of drug-likeness (QED) is 0.150. The first-order valence-electron chi connectivity index (χ1n) is 20.6. The first-order valence-corrected chi connectivity index (χ1v) is 20.6. The van der Waals surface area contributed by atoms with Crippen LogP contribution in [0.2, 0.25) is 0 Å². The number of rotatable bonds is 8. The van der Waals surface area contributed by atoms with Gasteiger partial charge in [0.1, 0.15) is 0 Å². The van der Waals surface area contributed by atoms with E-state index in [2.05, 4.69) is 252 Å². The molecule has 0 fully saturated rings. The molecule has 0 bridgehead atoms. The van der Waals surface area contributed by atoms with Crippen molar-refractivity contribution in [2.24, 2.45) is 0 Å². The lowest BCUT2D eigenvalue weighted by Gasteiger charge is -2.26. The minimum Gasteiger partial charge on any atom is -0.311 e. The van der Waals surface area contributed by atoms with E-state index in [1.807, 2.05) is 0 Å². The molecule has 0 unspecified atom stereocenters. The first-order chi connectivity index (χ1) is 29.7. The van der Waals surface area contributed by atoms with E-state index < -0.39 is 0 Å². The zero-order valence-corrected chi connectivity index (χ0v) is 33.0. The van der Waals surface area contributed by atoms with Gasteiger partial charge in [-0.05, 0) is 122 Å². The molecule has 1 aromatic heterocycles. The van der Waals surface area contributed by atoms with Crippen LogP contribution in [0.3, 0.4) is 0 Å². The van der Waals surface area contributed by atoms with E-state index >= 15 is 0 Å². The maximum absolute atomic E-state index is 2.40. The third-order valence-corrected chi connectivity index (χ3v) is 11.8. The second-order valence-corrected chi connectivity index (χ2v) is 15.4. The summed E-state index contributed by atoms with van der Waals surface area (Å²) < 4.78 is 2.40. The van der Waals surface area contributed by atoms with Gasteiger partial charge in [0.25, 0.3) is 0 Å². The Balaban J connectivity index is 0.941. The van der Waals surface area contributed by atoms with E-state index in [0.29, 0.717) is 0 Å². The van der Waals surface area contributed by atoms with Crippen molar-refractivity contribution in [1.29, 1.82) is 0 Å². The number of benzene rings is 10. The van der Waals surface area contributed by atoms with Crippen LogP contribution in [0.4, 0.5) is 17.1 Å². The molecule has 0 radical (unpaired) electrons. The zero-order chi connectivity index (χ0) is 39.8. The topological polar surface area (TPSA) is 8.17 Å². The smallest absolute Gasteiger partial charge is 0.0547 e. The molecule has 282 valence electrons. The van der Waals surface area contributed by atoms with E-state index in [-0.39, 0.29) is 0 Å². The largest absolute Gasteiger partial charge is 0.311 e. The summed E-state index contributed by atoms with van der Waals surface area (Å²) >= 11 is 0. The SMILES string of the molecule is c1ccc(-c2ccc(N(c3ccc(-c4ccc(-n5c6ccccc6c6cc7ccccc7cc65)cc4)cc3)c3ccc(-c4ccccc4-c4ccccc4)cc3)cc2)cc1. The fourth-order valence-electron chi connectivity index (χ4n) is 8.81. The summed E-state index contributed by atoms with van der Waals surface area (Å²) in [5.74, 6) is 0. The Morgan fingerprint density at radius 1 is 0.267 bits per heavy atom. The Kier molecular flexibility index (Phi) is 8.87. The molecule has 1 heterocycles. The molecular weight excluding hydrogens is 725 g/mol. The van der Waals surface area contributed by atoms with Gasteiger partial charge in [0, 0.05) is 33.5 Å². The fourth-order valence-corrected chi connectivity index (χ4v) is 8.81. The highest BCUT2D eigenvalue weighted by Crippen LogP contribution is 2.40. The molecule has 0 atom stereocenters. The molecule has 0 aliphatic rings. The molecule has 0 N–H and O–H groups in total. The highest BCUT2D eigenvalue weighted by atomic mass is 15.1. The third kappa shape index (κ3) is 6.41. The highest BCUT2D eigenvalue weighted by Gasteiger charge is 2.16. The normalized spacial score (nSPS) is 11.3. The molecular formula is C58H40N2. The number of fused-ring (bicyclic) bond motifs is 4. The van der Waals surface area contributed by atoms with Gasteiger partial charge >= 0.3 is 0 Å². The second kappa shape index (κ2) is 15.1. The number of anilines is 3. The summed E-state index contributed by atoms with van der Waals surface area (Å²) in [4.78, 5) is 2.35. The molecule has 2 heteroatoms. The number of hydrogen-bond donors (Lipinski definition) is 0. The molecule has 2 nitrogen and oxygen atoms in total. The van der Waals surface area contributed by atoms with Gasteiger partial charge in [0.05, 0.1) is 11.0 Å². The van der Waals surface area contributed by atoms with Gasteiger partial charge in [-0.15, -0.1) is 0 Å². The van der Waals surface area contributed by atoms with E-state index in [1.54, 1.807) is 0 Å². The lowest BCUT2D eigenvalue weighted by atomic mass is 9.94. The standard InChI is InChI=1S/C58H40N2/c1-3-13-41(14-4-1)42-23-31-49(32-24-42)59(51-37-29-46(30-38-51)54-20-10-9-19-53(54)45-15-5-2-6-16-45)50-33-25-43(26-34-50)44-27-35-52(36-28-44)60-57-22-12-11-21-55(57)56-39-47-17-7-8-18-48(47)40-58(56)60/h1-40H. The van der Waals surface area contributed by atoms with Gasteiger partial charge in [-0.25, -0.2) is 0 Å².